The van der Waals surface area contributed by atoms with Gasteiger partial charge in [-0.05, 0) is 44.2 Å². The maximum Gasteiger partial charge on any atom is 0.236 e. The van der Waals surface area contributed by atoms with Crippen molar-refractivity contribution in [3.8, 4) is 11.5 Å². The highest BCUT2D eigenvalue weighted by Crippen LogP contribution is 2.31. The Morgan fingerprint density at radius 3 is 2.45 bits per heavy atom. The Balaban J connectivity index is 1.20. The summed E-state index contributed by atoms with van der Waals surface area (Å²) in [6.45, 7) is 2.61. The number of piperidine rings is 1. The highest BCUT2D eigenvalue weighted by Gasteiger charge is 2.28. The Hall–Kier alpha value is -3.06. The average Bonchev–Trinajstić information content (AvgIpc) is 2.79. The fourth-order valence-corrected chi connectivity index (χ4v) is 4.05. The molecule has 0 aliphatic carbocycles. The van der Waals surface area contributed by atoms with E-state index in [4.69, 9.17) is 9.47 Å². The summed E-state index contributed by atoms with van der Waals surface area (Å²) in [5.41, 5.74) is 0.809. The van der Waals surface area contributed by atoms with Gasteiger partial charge in [0.25, 0.3) is 0 Å². The number of hydrogen-bond acceptors (Lipinski definition) is 5. The lowest BCUT2D eigenvalue weighted by Gasteiger charge is -2.33. The Morgan fingerprint density at radius 1 is 1.03 bits per heavy atom. The van der Waals surface area contributed by atoms with Gasteiger partial charge in [-0.1, -0.05) is 30.3 Å². The first kappa shape index (κ1) is 21.2. The van der Waals surface area contributed by atoms with Gasteiger partial charge < -0.3 is 19.7 Å². The number of nitrogens with one attached hydrogen (secondary N) is 1. The molecule has 0 unspecified atom stereocenters. The monoisotopic (exact) mass is 423 g/mol. The topological polar surface area (TPSA) is 71.1 Å². The standard InChI is InChI=1S/C24H29N3O4/c1-26(15-20-17-30-21-9-5-6-10-22(21)31-20)16-23(28)27-13-11-18(12-14-27)24(29)25-19-7-3-2-4-8-19/h2-10,18,20H,11-17H2,1H3,(H,25,29)/t20-/m0/s1. The zero-order valence-electron chi connectivity index (χ0n) is 17.8. The Kier molecular flexibility index (Phi) is 6.72. The van der Waals surface area contributed by atoms with Crippen molar-refractivity contribution in [1.29, 1.82) is 0 Å². The van der Waals surface area contributed by atoms with Crippen LogP contribution in [0.15, 0.2) is 54.6 Å². The third-order valence-electron chi connectivity index (χ3n) is 5.75. The largest absolute Gasteiger partial charge is 0.486 e. The molecule has 7 heteroatoms. The molecule has 2 aromatic carbocycles. The van der Waals surface area contributed by atoms with Crippen LogP contribution in [0.2, 0.25) is 0 Å². The lowest BCUT2D eigenvalue weighted by Crippen LogP contribution is -2.47. The second-order valence-corrected chi connectivity index (χ2v) is 8.20. The lowest BCUT2D eigenvalue weighted by molar-refractivity contribution is -0.135. The fraction of sp³-hybridized carbons (Fsp3) is 0.417. The molecule has 1 saturated heterocycles. The van der Waals surface area contributed by atoms with E-state index < -0.39 is 0 Å². The van der Waals surface area contributed by atoms with Crippen LogP contribution < -0.4 is 14.8 Å². The number of fused-ring (bicyclic) bond motifs is 1. The van der Waals surface area contributed by atoms with Gasteiger partial charge in [-0.2, -0.15) is 0 Å². The Bertz CT molecular complexity index is 897. The summed E-state index contributed by atoms with van der Waals surface area (Å²) in [7, 11) is 1.92. The van der Waals surface area contributed by atoms with Gasteiger partial charge in [0.2, 0.25) is 11.8 Å². The minimum Gasteiger partial charge on any atom is -0.486 e. The third-order valence-corrected chi connectivity index (χ3v) is 5.75. The summed E-state index contributed by atoms with van der Waals surface area (Å²) >= 11 is 0. The van der Waals surface area contributed by atoms with Gasteiger partial charge in [0.15, 0.2) is 11.5 Å². The molecule has 4 rings (SSSR count). The number of rotatable bonds is 6. The number of carbonyl (C=O) groups excluding carboxylic acids is 2. The van der Waals surface area contributed by atoms with E-state index in [1.807, 2.05) is 71.4 Å². The minimum atomic E-state index is -0.111. The van der Waals surface area contributed by atoms with Crippen molar-refractivity contribution in [2.24, 2.45) is 5.92 Å². The molecular weight excluding hydrogens is 394 g/mol. The average molecular weight is 424 g/mol. The molecule has 0 spiro atoms. The van der Waals surface area contributed by atoms with E-state index in [0.29, 0.717) is 45.6 Å². The van der Waals surface area contributed by atoms with Crippen LogP contribution in [0.4, 0.5) is 5.69 Å². The number of benzene rings is 2. The number of likely N-dealkylation sites (N-methyl/N-ethyl adjacent to an activating group) is 1. The number of hydrogen-bond donors (Lipinski definition) is 1. The van der Waals surface area contributed by atoms with Crippen molar-refractivity contribution in [3.63, 3.8) is 0 Å². The molecular formula is C24H29N3O4. The zero-order chi connectivity index (χ0) is 21.6. The summed E-state index contributed by atoms with van der Waals surface area (Å²) in [6.07, 6.45) is 1.26. The van der Waals surface area contributed by atoms with E-state index in [2.05, 4.69) is 5.32 Å². The van der Waals surface area contributed by atoms with E-state index >= 15 is 0 Å². The minimum absolute atomic E-state index is 0.0325. The van der Waals surface area contributed by atoms with Gasteiger partial charge >= 0.3 is 0 Å². The first-order valence-corrected chi connectivity index (χ1v) is 10.8. The summed E-state index contributed by atoms with van der Waals surface area (Å²) in [5.74, 6) is 1.56. The van der Waals surface area contributed by atoms with Crippen LogP contribution >= 0.6 is 0 Å². The molecule has 2 aromatic rings. The highest BCUT2D eigenvalue weighted by atomic mass is 16.6. The first-order chi connectivity index (χ1) is 15.1. The molecule has 0 radical (unpaired) electrons. The molecule has 2 aliphatic rings. The number of anilines is 1. The molecule has 2 heterocycles. The smallest absolute Gasteiger partial charge is 0.236 e. The maximum absolute atomic E-state index is 12.7. The second kappa shape index (κ2) is 9.83. The molecule has 0 bridgehead atoms. The van der Waals surface area contributed by atoms with E-state index in [9.17, 15) is 9.59 Å². The van der Waals surface area contributed by atoms with E-state index in [0.717, 1.165) is 17.2 Å². The van der Waals surface area contributed by atoms with Crippen LogP contribution in [0, 0.1) is 5.92 Å². The molecule has 2 amide bonds. The predicted octanol–water partition coefficient (Wildman–Crippen LogP) is 2.64. The Labute approximate surface area is 182 Å². The molecule has 31 heavy (non-hydrogen) atoms. The van der Waals surface area contributed by atoms with Gasteiger partial charge in [0.05, 0.1) is 6.54 Å². The predicted molar refractivity (Wildman–Crippen MR) is 118 cm³/mol. The molecule has 1 N–H and O–H groups in total. The van der Waals surface area contributed by atoms with Crippen molar-refractivity contribution in [2.75, 3.05) is 45.2 Å². The van der Waals surface area contributed by atoms with Gasteiger partial charge in [-0.15, -0.1) is 0 Å². The van der Waals surface area contributed by atoms with Gasteiger partial charge in [0, 0.05) is 31.2 Å². The number of ether oxygens (including phenoxy) is 2. The molecule has 1 fully saturated rings. The van der Waals surface area contributed by atoms with Crippen LogP contribution in [-0.2, 0) is 9.59 Å². The molecule has 1 atom stereocenters. The molecule has 0 aromatic heterocycles. The molecule has 0 saturated carbocycles. The van der Waals surface area contributed by atoms with E-state index in [1.165, 1.54) is 0 Å². The summed E-state index contributed by atoms with van der Waals surface area (Å²) in [6, 6.07) is 17.1. The van der Waals surface area contributed by atoms with Crippen LogP contribution in [0.1, 0.15) is 12.8 Å². The van der Waals surface area contributed by atoms with Gasteiger partial charge in [-0.25, -0.2) is 0 Å². The van der Waals surface area contributed by atoms with Crippen LogP contribution in [0.5, 0.6) is 11.5 Å². The number of nitrogens with zero attached hydrogens (tertiary/aromatic N) is 2. The van der Waals surface area contributed by atoms with Crippen molar-refractivity contribution in [2.45, 2.75) is 18.9 Å². The van der Waals surface area contributed by atoms with Crippen LogP contribution in [0.25, 0.3) is 0 Å². The second-order valence-electron chi connectivity index (χ2n) is 8.20. The number of carbonyl (C=O) groups is 2. The van der Waals surface area contributed by atoms with Crippen LogP contribution in [0.3, 0.4) is 0 Å². The normalized spacial score (nSPS) is 18.6. The van der Waals surface area contributed by atoms with Crippen molar-refractivity contribution in [1.82, 2.24) is 9.80 Å². The van der Waals surface area contributed by atoms with Gasteiger partial charge in [0.1, 0.15) is 12.7 Å². The fourth-order valence-electron chi connectivity index (χ4n) is 4.05. The Morgan fingerprint density at radius 2 is 1.71 bits per heavy atom. The van der Waals surface area contributed by atoms with Gasteiger partial charge in [-0.3, -0.25) is 14.5 Å². The third kappa shape index (κ3) is 5.55. The number of para-hydroxylation sites is 3. The number of amides is 2. The van der Waals surface area contributed by atoms with Crippen LogP contribution in [-0.4, -0.2) is 67.6 Å². The highest BCUT2D eigenvalue weighted by molar-refractivity contribution is 5.92. The molecule has 164 valence electrons. The molecule has 7 nitrogen and oxygen atoms in total. The van der Waals surface area contributed by atoms with Crippen molar-refractivity contribution < 1.29 is 19.1 Å². The summed E-state index contributed by atoms with van der Waals surface area (Å²) in [5, 5.41) is 2.96. The summed E-state index contributed by atoms with van der Waals surface area (Å²) in [4.78, 5) is 29.0. The maximum atomic E-state index is 12.7. The lowest BCUT2D eigenvalue weighted by atomic mass is 9.95. The zero-order valence-corrected chi connectivity index (χ0v) is 17.8. The van der Waals surface area contributed by atoms with Crippen molar-refractivity contribution >= 4 is 17.5 Å². The molecule has 2 aliphatic heterocycles. The first-order valence-electron chi connectivity index (χ1n) is 10.8. The quantitative estimate of drug-likeness (QED) is 0.774. The summed E-state index contributed by atoms with van der Waals surface area (Å²) < 4.78 is 11.7. The number of likely N-dealkylation sites (tertiary alicyclic amines) is 1. The van der Waals surface area contributed by atoms with E-state index in [-0.39, 0.29) is 23.8 Å². The van der Waals surface area contributed by atoms with Crippen molar-refractivity contribution in [3.05, 3.63) is 54.6 Å². The SMILES string of the molecule is CN(CC(=O)N1CCC(C(=O)Nc2ccccc2)CC1)C[C@H]1COc2ccccc2O1. The van der Waals surface area contributed by atoms with E-state index in [1.54, 1.807) is 0 Å².